The van der Waals surface area contributed by atoms with E-state index in [2.05, 4.69) is 5.32 Å². The molecule has 0 aliphatic carbocycles. The van der Waals surface area contributed by atoms with Gasteiger partial charge in [-0.15, -0.1) is 0 Å². The standard InChI is InChI=1S/C17H15NO3S2/c1-17(2)20-12(8-9-14-15(19)18-16(22)23-14)10-13(21-17)11-6-4-3-5-7-11/h3-10H,1-2H3,(H,18,19,22). The number of benzene rings is 1. The van der Waals surface area contributed by atoms with E-state index in [1.807, 2.05) is 50.3 Å². The van der Waals surface area contributed by atoms with Crippen molar-refractivity contribution in [2.24, 2.45) is 0 Å². The number of carbonyl (C=O) groups is 1. The Morgan fingerprint density at radius 1 is 1.17 bits per heavy atom. The molecule has 4 nitrogen and oxygen atoms in total. The van der Waals surface area contributed by atoms with Crippen molar-refractivity contribution in [3.8, 4) is 0 Å². The van der Waals surface area contributed by atoms with Crippen molar-refractivity contribution in [2.45, 2.75) is 19.6 Å². The summed E-state index contributed by atoms with van der Waals surface area (Å²) < 4.78 is 12.1. The maximum absolute atomic E-state index is 11.7. The van der Waals surface area contributed by atoms with Crippen LogP contribution in [0.15, 0.2) is 59.2 Å². The van der Waals surface area contributed by atoms with E-state index < -0.39 is 5.79 Å². The van der Waals surface area contributed by atoms with Gasteiger partial charge in [0.25, 0.3) is 5.91 Å². The van der Waals surface area contributed by atoms with E-state index in [0.717, 1.165) is 11.3 Å². The van der Waals surface area contributed by atoms with Gasteiger partial charge in [-0.3, -0.25) is 4.79 Å². The highest BCUT2D eigenvalue weighted by molar-refractivity contribution is 8.26. The van der Waals surface area contributed by atoms with Gasteiger partial charge < -0.3 is 14.8 Å². The lowest BCUT2D eigenvalue weighted by Crippen LogP contribution is -2.30. The maximum Gasteiger partial charge on any atom is 0.263 e. The molecule has 2 aliphatic heterocycles. The molecule has 0 aromatic heterocycles. The number of hydrogen-bond acceptors (Lipinski definition) is 5. The predicted molar refractivity (Wildman–Crippen MR) is 95.2 cm³/mol. The summed E-state index contributed by atoms with van der Waals surface area (Å²) in [7, 11) is 0. The second-order valence-electron chi connectivity index (χ2n) is 5.42. The first kappa shape index (κ1) is 15.8. The fourth-order valence-electron chi connectivity index (χ4n) is 2.18. The molecule has 0 atom stereocenters. The van der Waals surface area contributed by atoms with Gasteiger partial charge in [0.2, 0.25) is 5.79 Å². The Morgan fingerprint density at radius 3 is 2.57 bits per heavy atom. The van der Waals surface area contributed by atoms with Gasteiger partial charge in [-0.1, -0.05) is 54.3 Å². The summed E-state index contributed by atoms with van der Waals surface area (Å²) in [4.78, 5) is 12.2. The van der Waals surface area contributed by atoms with Crippen LogP contribution in [0.25, 0.3) is 5.76 Å². The van der Waals surface area contributed by atoms with Crippen molar-refractivity contribution >= 4 is 40.0 Å². The molecular formula is C17H15NO3S2. The fraction of sp³-hybridized carbons (Fsp3) is 0.176. The van der Waals surface area contributed by atoms with Crippen LogP contribution in [0.3, 0.4) is 0 Å². The lowest BCUT2D eigenvalue weighted by Gasteiger charge is -2.33. The second kappa shape index (κ2) is 6.22. The average molecular weight is 345 g/mol. The minimum absolute atomic E-state index is 0.185. The highest BCUT2D eigenvalue weighted by atomic mass is 32.2. The van der Waals surface area contributed by atoms with E-state index in [9.17, 15) is 4.79 Å². The van der Waals surface area contributed by atoms with Gasteiger partial charge in [0.05, 0.1) is 4.91 Å². The van der Waals surface area contributed by atoms with Gasteiger partial charge in [-0.25, -0.2) is 0 Å². The zero-order valence-electron chi connectivity index (χ0n) is 12.7. The average Bonchev–Trinajstić information content (AvgIpc) is 2.82. The molecule has 0 spiro atoms. The van der Waals surface area contributed by atoms with Crippen LogP contribution in [-0.2, 0) is 14.3 Å². The number of ether oxygens (including phenoxy) is 2. The Labute approximate surface area is 144 Å². The van der Waals surface area contributed by atoms with Gasteiger partial charge >= 0.3 is 0 Å². The van der Waals surface area contributed by atoms with Crippen molar-refractivity contribution < 1.29 is 14.3 Å². The Balaban J connectivity index is 1.92. The molecular weight excluding hydrogens is 330 g/mol. The molecule has 0 saturated carbocycles. The van der Waals surface area contributed by atoms with Crippen molar-refractivity contribution in [3.63, 3.8) is 0 Å². The first-order valence-electron chi connectivity index (χ1n) is 7.03. The summed E-state index contributed by atoms with van der Waals surface area (Å²) in [6.07, 6.45) is 5.27. The third-order valence-corrected chi connectivity index (χ3v) is 4.27. The quantitative estimate of drug-likeness (QED) is 0.654. The Bertz CT molecular complexity index is 748. The fourth-order valence-corrected chi connectivity index (χ4v) is 3.16. The minimum Gasteiger partial charge on any atom is -0.453 e. The van der Waals surface area contributed by atoms with Gasteiger partial charge in [-0.05, 0) is 12.2 Å². The van der Waals surface area contributed by atoms with Crippen LogP contribution >= 0.6 is 24.0 Å². The molecule has 2 aliphatic rings. The van der Waals surface area contributed by atoms with Crippen LogP contribution in [0, 0.1) is 0 Å². The maximum atomic E-state index is 11.7. The third-order valence-electron chi connectivity index (χ3n) is 3.09. The van der Waals surface area contributed by atoms with Crippen LogP contribution in [0.2, 0.25) is 0 Å². The SMILES string of the molecule is CC1(C)OC(=CC=C2SC(=S)NC2=O)C=C(c2ccccc2)O1. The summed E-state index contributed by atoms with van der Waals surface area (Å²) in [5, 5.41) is 2.58. The summed E-state index contributed by atoms with van der Waals surface area (Å²) >= 11 is 6.21. The van der Waals surface area contributed by atoms with Gasteiger partial charge in [0.15, 0.2) is 0 Å². The number of thioether (sulfide) groups is 1. The van der Waals surface area contributed by atoms with E-state index >= 15 is 0 Å². The smallest absolute Gasteiger partial charge is 0.263 e. The summed E-state index contributed by atoms with van der Waals surface area (Å²) in [6.45, 7) is 3.69. The summed E-state index contributed by atoms with van der Waals surface area (Å²) in [5.74, 6) is 0.379. The predicted octanol–water partition coefficient (Wildman–Crippen LogP) is 3.73. The first-order valence-corrected chi connectivity index (χ1v) is 8.26. The van der Waals surface area contributed by atoms with E-state index in [-0.39, 0.29) is 5.91 Å². The highest BCUT2D eigenvalue weighted by Crippen LogP contribution is 2.33. The van der Waals surface area contributed by atoms with Crippen LogP contribution in [-0.4, -0.2) is 16.0 Å². The van der Waals surface area contributed by atoms with Crippen molar-refractivity contribution in [1.29, 1.82) is 0 Å². The van der Waals surface area contributed by atoms with E-state index in [0.29, 0.717) is 15.0 Å². The Kier molecular flexibility index (Phi) is 4.28. The molecule has 1 fully saturated rings. The number of thiocarbonyl (C=S) groups is 1. The number of carbonyl (C=O) groups excluding carboxylic acids is 1. The molecule has 1 saturated heterocycles. The summed E-state index contributed by atoms with van der Waals surface area (Å²) in [5.41, 5.74) is 0.969. The van der Waals surface area contributed by atoms with Gasteiger partial charge in [0.1, 0.15) is 15.8 Å². The van der Waals surface area contributed by atoms with E-state index in [1.165, 1.54) is 11.8 Å². The molecule has 1 aromatic carbocycles. The Morgan fingerprint density at radius 2 is 1.91 bits per heavy atom. The molecule has 0 radical (unpaired) electrons. The zero-order chi connectivity index (χ0) is 16.4. The van der Waals surface area contributed by atoms with Gasteiger partial charge in [-0.2, -0.15) is 0 Å². The molecule has 118 valence electrons. The molecule has 1 N–H and O–H groups in total. The van der Waals surface area contributed by atoms with Gasteiger partial charge in [0, 0.05) is 25.5 Å². The first-order chi connectivity index (χ1) is 10.9. The molecule has 6 heteroatoms. The van der Waals surface area contributed by atoms with Crippen LogP contribution in [0.1, 0.15) is 19.4 Å². The number of amides is 1. The number of allylic oxidation sites excluding steroid dienone is 3. The van der Waals surface area contributed by atoms with Crippen molar-refractivity contribution in [2.75, 3.05) is 0 Å². The normalized spacial score (nSPS) is 23.3. The number of rotatable bonds is 2. The largest absolute Gasteiger partial charge is 0.453 e. The lowest BCUT2D eigenvalue weighted by atomic mass is 10.1. The number of nitrogens with one attached hydrogen (secondary N) is 1. The molecule has 23 heavy (non-hydrogen) atoms. The van der Waals surface area contributed by atoms with E-state index in [4.69, 9.17) is 21.7 Å². The number of hydrogen-bond donors (Lipinski definition) is 1. The lowest BCUT2D eigenvalue weighted by molar-refractivity contribution is -0.149. The monoisotopic (exact) mass is 345 g/mol. The van der Waals surface area contributed by atoms with Crippen molar-refractivity contribution in [1.82, 2.24) is 5.32 Å². The van der Waals surface area contributed by atoms with Crippen molar-refractivity contribution in [3.05, 3.63) is 64.8 Å². The Hall–Kier alpha value is -2.05. The molecule has 0 bridgehead atoms. The molecule has 0 unspecified atom stereocenters. The molecule has 2 heterocycles. The molecule has 1 aromatic rings. The topological polar surface area (TPSA) is 47.6 Å². The minimum atomic E-state index is -0.787. The zero-order valence-corrected chi connectivity index (χ0v) is 14.3. The third kappa shape index (κ3) is 3.83. The summed E-state index contributed by atoms with van der Waals surface area (Å²) in [6, 6.07) is 9.81. The second-order valence-corrected chi connectivity index (χ2v) is 7.14. The molecule has 1 amide bonds. The molecule has 3 rings (SSSR count). The van der Waals surface area contributed by atoms with Crippen LogP contribution < -0.4 is 5.32 Å². The van der Waals surface area contributed by atoms with Crippen LogP contribution in [0.5, 0.6) is 0 Å². The van der Waals surface area contributed by atoms with E-state index in [1.54, 1.807) is 12.2 Å². The van der Waals surface area contributed by atoms with Crippen LogP contribution in [0.4, 0.5) is 0 Å². The highest BCUT2D eigenvalue weighted by Gasteiger charge is 2.29.